The van der Waals surface area contributed by atoms with Crippen LogP contribution in [0.4, 0.5) is 0 Å². The van der Waals surface area contributed by atoms with Crippen molar-refractivity contribution in [3.05, 3.63) is 76.9 Å². The maximum atomic E-state index is 2.38. The van der Waals surface area contributed by atoms with Gasteiger partial charge >= 0.3 is 0 Å². The first kappa shape index (κ1) is 14.8. The Bertz CT molecular complexity index is 786. The topological polar surface area (TPSA) is 0 Å². The molecule has 0 heterocycles. The molecule has 22 heavy (non-hydrogen) atoms. The van der Waals surface area contributed by atoms with E-state index in [4.69, 9.17) is 0 Å². The van der Waals surface area contributed by atoms with Crippen LogP contribution in [0.5, 0.6) is 0 Å². The first-order chi connectivity index (χ1) is 10.5. The summed E-state index contributed by atoms with van der Waals surface area (Å²) in [4.78, 5) is 0. The number of allylic oxidation sites excluding steroid dienone is 4. The molecule has 0 spiro atoms. The second-order valence-electron chi connectivity index (χ2n) is 6.68. The molecule has 0 nitrogen and oxygen atoms in total. The third-order valence-corrected chi connectivity index (χ3v) is 4.82. The van der Waals surface area contributed by atoms with Crippen LogP contribution in [0.3, 0.4) is 0 Å². The van der Waals surface area contributed by atoms with Crippen LogP contribution in [-0.2, 0) is 5.41 Å². The molecule has 0 fully saturated rings. The number of hydrogen-bond donors (Lipinski definition) is 0. The Morgan fingerprint density at radius 2 is 1.55 bits per heavy atom. The summed E-state index contributed by atoms with van der Waals surface area (Å²) in [6.07, 6.45) is 6.47. The van der Waals surface area contributed by atoms with E-state index in [0.717, 1.165) is 0 Å². The highest BCUT2D eigenvalue weighted by Crippen LogP contribution is 2.49. The van der Waals surface area contributed by atoms with E-state index in [0.29, 0.717) is 0 Å². The summed E-state index contributed by atoms with van der Waals surface area (Å²) >= 11 is 0. The maximum absolute atomic E-state index is 2.38. The molecule has 0 aliphatic heterocycles. The van der Waals surface area contributed by atoms with Gasteiger partial charge in [-0.05, 0) is 60.2 Å². The van der Waals surface area contributed by atoms with Gasteiger partial charge < -0.3 is 0 Å². The van der Waals surface area contributed by atoms with Crippen LogP contribution >= 0.6 is 0 Å². The lowest BCUT2D eigenvalue weighted by Crippen LogP contribution is -2.15. The highest BCUT2D eigenvalue weighted by Gasteiger charge is 2.35. The van der Waals surface area contributed by atoms with Crippen molar-refractivity contribution >= 4 is 5.57 Å². The van der Waals surface area contributed by atoms with Crippen molar-refractivity contribution in [2.45, 2.75) is 40.0 Å². The lowest BCUT2D eigenvalue weighted by molar-refractivity contribution is 0.659. The van der Waals surface area contributed by atoms with Crippen LogP contribution < -0.4 is 0 Å². The smallest absolute Gasteiger partial charge is 0.0159 e. The fourth-order valence-electron chi connectivity index (χ4n) is 3.57. The Balaban J connectivity index is 2.21. The molecule has 0 atom stereocenters. The third-order valence-electron chi connectivity index (χ3n) is 4.82. The number of benzene rings is 2. The van der Waals surface area contributed by atoms with Gasteiger partial charge in [0.05, 0.1) is 0 Å². The van der Waals surface area contributed by atoms with Crippen molar-refractivity contribution in [1.82, 2.24) is 0 Å². The number of hydrogen-bond acceptors (Lipinski definition) is 0. The molecule has 2 aromatic carbocycles. The summed E-state index contributed by atoms with van der Waals surface area (Å²) in [5.74, 6) is 0. The average molecular weight is 288 g/mol. The van der Waals surface area contributed by atoms with Crippen molar-refractivity contribution in [3.63, 3.8) is 0 Å². The van der Waals surface area contributed by atoms with Gasteiger partial charge in [0.15, 0.2) is 0 Å². The van der Waals surface area contributed by atoms with Gasteiger partial charge in [0.2, 0.25) is 0 Å². The summed E-state index contributed by atoms with van der Waals surface area (Å²) in [6.45, 7) is 11.0. The van der Waals surface area contributed by atoms with E-state index >= 15 is 0 Å². The van der Waals surface area contributed by atoms with E-state index in [1.54, 1.807) is 0 Å². The van der Waals surface area contributed by atoms with Gasteiger partial charge in [-0.25, -0.2) is 0 Å². The van der Waals surface area contributed by atoms with Crippen molar-refractivity contribution in [2.75, 3.05) is 0 Å². The predicted octanol–water partition coefficient (Wildman–Crippen LogP) is 6.28. The second kappa shape index (κ2) is 5.28. The van der Waals surface area contributed by atoms with E-state index in [1.165, 1.54) is 39.0 Å². The first-order valence-electron chi connectivity index (χ1n) is 8.04. The molecule has 0 heteroatoms. The Hall–Kier alpha value is -2.08. The zero-order chi connectivity index (χ0) is 15.9. The molecule has 0 bridgehead atoms. The molecule has 1 aliphatic carbocycles. The molecule has 0 saturated carbocycles. The fraction of sp³-hybridized carbons (Fsp3) is 0.273. The van der Waals surface area contributed by atoms with Gasteiger partial charge in [-0.2, -0.15) is 0 Å². The highest BCUT2D eigenvalue weighted by molar-refractivity contribution is 5.84. The minimum Gasteiger partial charge on any atom is -0.0871 e. The van der Waals surface area contributed by atoms with E-state index in [1.807, 2.05) is 0 Å². The predicted molar refractivity (Wildman–Crippen MR) is 97.2 cm³/mol. The van der Waals surface area contributed by atoms with E-state index in [2.05, 4.69) is 89.2 Å². The average Bonchev–Trinajstić information content (AvgIpc) is 2.73. The van der Waals surface area contributed by atoms with Crippen LogP contribution in [0.2, 0.25) is 0 Å². The molecule has 112 valence electrons. The molecule has 0 saturated heterocycles. The summed E-state index contributed by atoms with van der Waals surface area (Å²) in [5, 5.41) is 0. The van der Waals surface area contributed by atoms with Gasteiger partial charge in [0.1, 0.15) is 0 Å². The van der Waals surface area contributed by atoms with Crippen LogP contribution in [0.25, 0.3) is 16.7 Å². The zero-order valence-corrected chi connectivity index (χ0v) is 14.2. The van der Waals surface area contributed by atoms with Gasteiger partial charge in [-0.15, -0.1) is 0 Å². The molecule has 3 rings (SSSR count). The largest absolute Gasteiger partial charge is 0.0871 e. The summed E-state index contributed by atoms with van der Waals surface area (Å²) in [6, 6.07) is 13.8. The molecule has 0 radical (unpaired) electrons. The quantitative estimate of drug-likeness (QED) is 0.570. The normalized spacial score (nSPS) is 16.0. The van der Waals surface area contributed by atoms with Crippen LogP contribution in [0, 0.1) is 6.92 Å². The first-order valence-corrected chi connectivity index (χ1v) is 8.04. The molecular weight excluding hydrogens is 264 g/mol. The van der Waals surface area contributed by atoms with Crippen molar-refractivity contribution < 1.29 is 0 Å². The van der Waals surface area contributed by atoms with Crippen LogP contribution in [0.15, 0.2) is 54.6 Å². The molecule has 1 aliphatic rings. The molecular formula is C22H24. The summed E-state index contributed by atoms with van der Waals surface area (Å²) in [5.41, 5.74) is 9.67. The lowest BCUT2D eigenvalue weighted by atomic mass is 9.81. The highest BCUT2D eigenvalue weighted by atomic mass is 14.4. The van der Waals surface area contributed by atoms with E-state index in [-0.39, 0.29) is 5.41 Å². The second-order valence-corrected chi connectivity index (χ2v) is 6.68. The van der Waals surface area contributed by atoms with Crippen molar-refractivity contribution in [3.8, 4) is 11.1 Å². The number of fused-ring (bicyclic) bond motifs is 3. The summed E-state index contributed by atoms with van der Waals surface area (Å²) in [7, 11) is 0. The lowest BCUT2D eigenvalue weighted by Gasteiger charge is -2.22. The number of aryl methyl sites for hydroxylation is 1. The van der Waals surface area contributed by atoms with Gasteiger partial charge in [0.25, 0.3) is 0 Å². The Kier molecular flexibility index (Phi) is 3.56. The fourth-order valence-corrected chi connectivity index (χ4v) is 3.57. The maximum Gasteiger partial charge on any atom is 0.0159 e. The van der Waals surface area contributed by atoms with Crippen LogP contribution in [-0.4, -0.2) is 0 Å². The zero-order valence-electron chi connectivity index (χ0n) is 14.2. The molecule has 0 N–H and O–H groups in total. The minimum atomic E-state index is 0.0709. The number of rotatable bonds is 2. The van der Waals surface area contributed by atoms with Gasteiger partial charge in [-0.3, -0.25) is 0 Å². The summed E-state index contributed by atoms with van der Waals surface area (Å²) < 4.78 is 0. The Labute approximate surface area is 134 Å². The van der Waals surface area contributed by atoms with Gasteiger partial charge in [0, 0.05) is 5.41 Å². The molecule has 0 aromatic heterocycles. The Morgan fingerprint density at radius 3 is 2.18 bits per heavy atom. The monoisotopic (exact) mass is 288 g/mol. The van der Waals surface area contributed by atoms with Gasteiger partial charge in [-0.1, -0.05) is 68.0 Å². The SMILES string of the molecule is C/C=C\C(=C/C)c1ccc2c(c1)C(C)(C)c1cc(C)ccc1-2. The third kappa shape index (κ3) is 2.14. The molecule has 2 aromatic rings. The van der Waals surface area contributed by atoms with Crippen molar-refractivity contribution in [1.29, 1.82) is 0 Å². The molecule has 0 unspecified atom stereocenters. The molecule has 0 amide bonds. The minimum absolute atomic E-state index is 0.0709. The van der Waals surface area contributed by atoms with E-state index in [9.17, 15) is 0 Å². The van der Waals surface area contributed by atoms with Crippen molar-refractivity contribution in [2.24, 2.45) is 0 Å². The Morgan fingerprint density at radius 1 is 0.909 bits per heavy atom. The van der Waals surface area contributed by atoms with E-state index < -0.39 is 0 Å². The van der Waals surface area contributed by atoms with Crippen LogP contribution in [0.1, 0.15) is 49.9 Å². The standard InChI is InChI=1S/C22H24/c1-6-8-16(7-2)17-10-12-19-18-11-9-15(3)13-20(18)22(4,5)21(19)14-17/h6-14H,1-5H3/b8-6-,16-7+.